The van der Waals surface area contributed by atoms with E-state index in [2.05, 4.69) is 0 Å². The lowest BCUT2D eigenvalue weighted by molar-refractivity contribution is -0.123. The van der Waals surface area contributed by atoms with E-state index >= 15 is 0 Å². The van der Waals surface area contributed by atoms with Gasteiger partial charge in [-0.2, -0.15) is 0 Å². The number of carbonyl (C=O) groups is 2. The molecule has 0 aliphatic carbocycles. The Morgan fingerprint density at radius 1 is 0.914 bits per heavy atom. The van der Waals surface area contributed by atoms with Crippen LogP contribution in [0, 0.1) is 0 Å². The zero-order valence-electron chi connectivity index (χ0n) is 19.1. The molecule has 1 aliphatic rings. The number of imide groups is 1. The van der Waals surface area contributed by atoms with E-state index < -0.39 is 0 Å². The van der Waals surface area contributed by atoms with E-state index in [0.29, 0.717) is 40.4 Å². The Labute approximate surface area is 213 Å². The molecule has 3 aromatic carbocycles. The van der Waals surface area contributed by atoms with Gasteiger partial charge in [-0.25, -0.2) is 0 Å². The highest BCUT2D eigenvalue weighted by molar-refractivity contribution is 8.18. The van der Waals surface area contributed by atoms with Gasteiger partial charge in [0.2, 0.25) is 0 Å². The van der Waals surface area contributed by atoms with Crippen LogP contribution in [0.2, 0.25) is 5.02 Å². The Balaban J connectivity index is 1.42. The largest absolute Gasteiger partial charge is 0.492 e. The highest BCUT2D eigenvalue weighted by Gasteiger charge is 2.34. The maximum absolute atomic E-state index is 12.8. The monoisotopic (exact) mass is 509 g/mol. The topological polar surface area (TPSA) is 65.1 Å². The van der Waals surface area contributed by atoms with Crippen molar-refractivity contribution in [3.8, 4) is 17.2 Å². The van der Waals surface area contributed by atoms with E-state index in [9.17, 15) is 9.59 Å². The average molecular weight is 510 g/mol. The Bertz CT molecular complexity index is 1230. The summed E-state index contributed by atoms with van der Waals surface area (Å²) in [5.74, 6) is 1.49. The number of carbonyl (C=O) groups excluding carboxylic acids is 2. The van der Waals surface area contributed by atoms with Gasteiger partial charge in [0.25, 0.3) is 11.1 Å². The molecule has 0 spiro atoms. The molecule has 2 amide bonds. The summed E-state index contributed by atoms with van der Waals surface area (Å²) >= 11 is 6.96. The van der Waals surface area contributed by atoms with Crippen LogP contribution in [-0.2, 0) is 11.4 Å². The first kappa shape index (κ1) is 24.7. The second-order valence-corrected chi connectivity index (χ2v) is 8.98. The number of ether oxygens (including phenoxy) is 3. The molecule has 0 saturated carbocycles. The summed E-state index contributed by atoms with van der Waals surface area (Å²) in [5, 5.41) is 0.330. The number of benzene rings is 3. The predicted molar refractivity (Wildman–Crippen MR) is 138 cm³/mol. The number of amides is 2. The molecule has 180 valence electrons. The molecule has 1 aliphatic heterocycles. The summed E-state index contributed by atoms with van der Waals surface area (Å²) in [5.41, 5.74) is 1.67. The van der Waals surface area contributed by atoms with Crippen LogP contribution in [0.15, 0.2) is 77.7 Å². The molecule has 1 fully saturated rings. The third kappa shape index (κ3) is 6.59. The first-order valence-corrected chi connectivity index (χ1v) is 12.3. The zero-order valence-corrected chi connectivity index (χ0v) is 20.7. The van der Waals surface area contributed by atoms with Crippen LogP contribution in [0.4, 0.5) is 4.79 Å². The highest BCUT2D eigenvalue weighted by Crippen LogP contribution is 2.35. The van der Waals surface area contributed by atoms with Gasteiger partial charge in [0.05, 0.1) is 18.1 Å². The maximum Gasteiger partial charge on any atom is 0.293 e. The van der Waals surface area contributed by atoms with Crippen molar-refractivity contribution in [2.75, 3.05) is 19.8 Å². The smallest absolute Gasteiger partial charge is 0.293 e. The number of hydrogen-bond acceptors (Lipinski definition) is 6. The lowest BCUT2D eigenvalue weighted by Crippen LogP contribution is -2.32. The van der Waals surface area contributed by atoms with Crippen LogP contribution in [0.3, 0.4) is 0 Å². The van der Waals surface area contributed by atoms with Crippen molar-refractivity contribution in [3.63, 3.8) is 0 Å². The van der Waals surface area contributed by atoms with Crippen molar-refractivity contribution < 1.29 is 23.8 Å². The quantitative estimate of drug-likeness (QED) is 0.293. The van der Waals surface area contributed by atoms with Crippen molar-refractivity contribution >= 4 is 40.6 Å². The summed E-state index contributed by atoms with van der Waals surface area (Å²) in [6.45, 7) is 3.08. The molecule has 8 heteroatoms. The molecular weight excluding hydrogens is 486 g/mol. The number of hydrogen-bond donors (Lipinski definition) is 0. The van der Waals surface area contributed by atoms with Crippen molar-refractivity contribution in [1.82, 2.24) is 4.90 Å². The van der Waals surface area contributed by atoms with Gasteiger partial charge < -0.3 is 14.2 Å². The SMILES string of the molecule is CCOc1cc(/C=C2\SC(=O)N(CCOc3ccccc3)C2=O)ccc1OCc1cccc(Cl)c1. The van der Waals surface area contributed by atoms with Gasteiger partial charge in [-0.05, 0) is 72.3 Å². The minimum absolute atomic E-state index is 0.178. The van der Waals surface area contributed by atoms with Gasteiger partial charge in [-0.15, -0.1) is 0 Å². The molecule has 0 aromatic heterocycles. The summed E-state index contributed by atoms with van der Waals surface area (Å²) in [7, 11) is 0. The number of thioether (sulfide) groups is 1. The van der Waals surface area contributed by atoms with Crippen molar-refractivity contribution in [1.29, 1.82) is 0 Å². The molecule has 3 aromatic rings. The molecular formula is C27H24ClNO5S. The van der Waals surface area contributed by atoms with Crippen LogP contribution in [0.5, 0.6) is 17.2 Å². The maximum atomic E-state index is 12.8. The third-order valence-electron chi connectivity index (χ3n) is 5.05. The fourth-order valence-electron chi connectivity index (χ4n) is 3.41. The Hall–Kier alpha value is -3.42. The van der Waals surface area contributed by atoms with Crippen LogP contribution < -0.4 is 14.2 Å². The average Bonchev–Trinajstić information content (AvgIpc) is 3.12. The molecule has 4 rings (SSSR count). The van der Waals surface area contributed by atoms with Gasteiger partial charge >= 0.3 is 0 Å². The lowest BCUT2D eigenvalue weighted by Gasteiger charge is -2.13. The molecule has 0 N–H and O–H groups in total. The fraction of sp³-hybridized carbons (Fsp3) is 0.185. The van der Waals surface area contributed by atoms with E-state index in [0.717, 1.165) is 22.9 Å². The van der Waals surface area contributed by atoms with E-state index in [4.69, 9.17) is 25.8 Å². The molecule has 0 atom stereocenters. The van der Waals surface area contributed by atoms with Gasteiger partial charge in [0.15, 0.2) is 11.5 Å². The first-order valence-electron chi connectivity index (χ1n) is 11.1. The van der Waals surface area contributed by atoms with Crippen LogP contribution in [0.1, 0.15) is 18.1 Å². The third-order valence-corrected chi connectivity index (χ3v) is 6.19. The van der Waals surface area contributed by atoms with E-state index in [-0.39, 0.29) is 24.3 Å². The number of halogens is 1. The normalized spacial score (nSPS) is 14.5. The lowest BCUT2D eigenvalue weighted by atomic mass is 10.1. The van der Waals surface area contributed by atoms with Gasteiger partial charge in [0.1, 0.15) is 19.0 Å². The Morgan fingerprint density at radius 2 is 1.74 bits per heavy atom. The molecule has 35 heavy (non-hydrogen) atoms. The van der Waals surface area contributed by atoms with Crippen molar-refractivity contribution in [2.24, 2.45) is 0 Å². The predicted octanol–water partition coefficient (Wildman–Crippen LogP) is 6.43. The molecule has 1 heterocycles. The molecule has 6 nitrogen and oxygen atoms in total. The second-order valence-electron chi connectivity index (χ2n) is 7.55. The molecule has 1 saturated heterocycles. The molecule has 0 bridgehead atoms. The van der Waals surface area contributed by atoms with E-state index in [1.165, 1.54) is 4.90 Å². The Kier molecular flexibility index (Phi) is 8.34. The summed E-state index contributed by atoms with van der Waals surface area (Å²) in [6, 6.07) is 22.1. The van der Waals surface area contributed by atoms with Gasteiger partial charge in [0, 0.05) is 5.02 Å². The number of nitrogens with zero attached hydrogens (tertiary/aromatic N) is 1. The number of para-hydroxylation sites is 1. The van der Waals surface area contributed by atoms with Gasteiger partial charge in [-0.3, -0.25) is 14.5 Å². The van der Waals surface area contributed by atoms with Crippen LogP contribution >= 0.6 is 23.4 Å². The molecule has 0 radical (unpaired) electrons. The minimum atomic E-state index is -0.337. The van der Waals surface area contributed by atoms with Crippen molar-refractivity contribution in [2.45, 2.75) is 13.5 Å². The standard InChI is InChI=1S/C27H24ClNO5S/c1-2-32-24-16-19(11-12-23(24)34-18-20-7-6-8-21(28)15-20)17-25-26(30)29(27(31)35-25)13-14-33-22-9-4-3-5-10-22/h3-12,15-17H,2,13-14,18H2,1H3/b25-17-. The Morgan fingerprint density at radius 3 is 2.51 bits per heavy atom. The molecule has 0 unspecified atom stereocenters. The van der Waals surface area contributed by atoms with Crippen LogP contribution in [0.25, 0.3) is 6.08 Å². The van der Waals surface area contributed by atoms with E-state index in [1.807, 2.05) is 67.6 Å². The highest BCUT2D eigenvalue weighted by atomic mass is 35.5. The van der Waals surface area contributed by atoms with Gasteiger partial charge in [-0.1, -0.05) is 48.0 Å². The second kappa shape index (κ2) is 11.8. The van der Waals surface area contributed by atoms with Crippen molar-refractivity contribution in [3.05, 3.63) is 93.9 Å². The summed E-state index contributed by atoms with van der Waals surface area (Å²) in [4.78, 5) is 26.8. The minimum Gasteiger partial charge on any atom is -0.492 e. The number of rotatable bonds is 10. The summed E-state index contributed by atoms with van der Waals surface area (Å²) in [6.07, 6.45) is 1.69. The first-order chi connectivity index (χ1) is 17.0. The zero-order chi connectivity index (χ0) is 24.6. The summed E-state index contributed by atoms with van der Waals surface area (Å²) < 4.78 is 17.3. The van der Waals surface area contributed by atoms with E-state index in [1.54, 1.807) is 18.2 Å². The fourth-order valence-corrected chi connectivity index (χ4v) is 4.48. The van der Waals surface area contributed by atoms with Crippen LogP contribution in [-0.4, -0.2) is 35.8 Å².